The molecule has 0 saturated carbocycles. The Hall–Kier alpha value is -2.75. The molecule has 1 aromatic heterocycles. The molecule has 0 bridgehead atoms. The molecule has 0 aliphatic heterocycles. The van der Waals surface area contributed by atoms with Gasteiger partial charge in [0.15, 0.2) is 0 Å². The molecule has 2 atom stereocenters. The van der Waals surface area contributed by atoms with E-state index in [1.165, 1.54) is 11.3 Å². The molecule has 0 aliphatic carbocycles. The van der Waals surface area contributed by atoms with Crippen molar-refractivity contribution < 1.29 is 18.3 Å². The number of amides is 1. The lowest BCUT2D eigenvalue weighted by Gasteiger charge is -2.23. The molecule has 0 aliphatic rings. The molecule has 2 aromatic carbocycles. The molecule has 164 valence electrons. The number of aromatic nitrogens is 1. The molecule has 2 N–H and O–H groups in total. The van der Waals surface area contributed by atoms with Gasteiger partial charge >= 0.3 is 6.09 Å². The highest BCUT2D eigenvalue weighted by Gasteiger charge is 2.23. The number of ether oxygens (including phenoxy) is 1. The molecule has 0 saturated heterocycles. The summed E-state index contributed by atoms with van der Waals surface area (Å²) in [4.78, 5) is 17.2. The largest absolute Gasteiger partial charge is 0.755 e. The first-order valence-corrected chi connectivity index (χ1v) is 11.6. The van der Waals surface area contributed by atoms with Gasteiger partial charge in [-0.2, -0.15) is 0 Å². The fourth-order valence-electron chi connectivity index (χ4n) is 2.88. The Labute approximate surface area is 188 Å². The predicted molar refractivity (Wildman–Crippen MR) is 122 cm³/mol. The predicted octanol–water partition coefficient (Wildman–Crippen LogP) is 4.82. The van der Waals surface area contributed by atoms with Gasteiger partial charge in [0.25, 0.3) is 0 Å². The zero-order valence-corrected chi connectivity index (χ0v) is 19.1. The zero-order chi connectivity index (χ0) is 22.4. The minimum absolute atomic E-state index is 0.398. The summed E-state index contributed by atoms with van der Waals surface area (Å²) in [6.45, 7) is 5.43. The first-order valence-electron chi connectivity index (χ1n) is 9.65. The number of benzene rings is 2. The summed E-state index contributed by atoms with van der Waals surface area (Å²) in [5, 5.41) is 5.64. The number of alkyl carbamates (subject to hydrolysis) is 1. The highest BCUT2D eigenvalue weighted by Crippen LogP contribution is 2.28. The maximum absolute atomic E-state index is 12.4. The lowest BCUT2D eigenvalue weighted by atomic mass is 10.1. The zero-order valence-electron chi connectivity index (χ0n) is 17.5. The molecule has 0 spiro atoms. The van der Waals surface area contributed by atoms with Gasteiger partial charge in [-0.15, -0.1) is 11.3 Å². The number of nitrogens with zero attached hydrogens (tertiary/aromatic N) is 1. The number of anilines is 1. The Morgan fingerprint density at radius 1 is 1.16 bits per heavy atom. The van der Waals surface area contributed by atoms with Crippen molar-refractivity contribution in [3.63, 3.8) is 0 Å². The standard InChI is InChI=1S/C22H25N3O4S2/c1-22(2,3)29-21(26)24-18(13-15-9-11-17(12-10-15)25-31(27)28)20-23-19(14-30-20)16-7-5-4-6-8-16/h4-12,14,18,25H,13H2,1-3H3,(H,24,26)(H,27,28)/p-1/t18-/m0/s1. The van der Waals surface area contributed by atoms with Crippen molar-refractivity contribution in [2.45, 2.75) is 38.8 Å². The van der Waals surface area contributed by atoms with E-state index in [-0.39, 0.29) is 0 Å². The van der Waals surface area contributed by atoms with Crippen LogP contribution in [0.3, 0.4) is 0 Å². The van der Waals surface area contributed by atoms with Crippen LogP contribution in [0.25, 0.3) is 11.3 Å². The maximum atomic E-state index is 12.4. The van der Waals surface area contributed by atoms with Crippen LogP contribution in [-0.2, 0) is 22.4 Å². The van der Waals surface area contributed by atoms with Gasteiger partial charge in [0, 0.05) is 27.9 Å². The van der Waals surface area contributed by atoms with Gasteiger partial charge in [0.05, 0.1) is 11.7 Å². The quantitative estimate of drug-likeness (QED) is 0.494. The van der Waals surface area contributed by atoms with E-state index < -0.39 is 29.0 Å². The fraction of sp³-hybridized carbons (Fsp3) is 0.273. The van der Waals surface area contributed by atoms with Crippen LogP contribution in [-0.4, -0.2) is 25.4 Å². The average Bonchev–Trinajstić information content (AvgIpc) is 3.18. The van der Waals surface area contributed by atoms with E-state index in [2.05, 4.69) is 10.0 Å². The summed E-state index contributed by atoms with van der Waals surface area (Å²) in [7, 11) is 0. The number of nitrogens with one attached hydrogen (secondary N) is 2. The minimum Gasteiger partial charge on any atom is -0.755 e. The third-order valence-electron chi connectivity index (χ3n) is 4.18. The van der Waals surface area contributed by atoms with E-state index in [0.717, 1.165) is 21.8 Å². The molecule has 0 radical (unpaired) electrons. The van der Waals surface area contributed by atoms with Gasteiger partial charge < -0.3 is 19.3 Å². The van der Waals surface area contributed by atoms with E-state index >= 15 is 0 Å². The first kappa shape index (κ1) is 22.9. The van der Waals surface area contributed by atoms with Crippen molar-refractivity contribution >= 4 is 34.4 Å². The van der Waals surface area contributed by atoms with Crippen LogP contribution in [0.1, 0.15) is 37.4 Å². The number of rotatable bonds is 7. The maximum Gasteiger partial charge on any atom is 0.408 e. The van der Waals surface area contributed by atoms with E-state index in [1.807, 2.05) is 68.6 Å². The van der Waals surface area contributed by atoms with Gasteiger partial charge in [-0.3, -0.25) is 4.21 Å². The van der Waals surface area contributed by atoms with E-state index in [1.54, 1.807) is 12.1 Å². The number of carbonyl (C=O) groups excluding carboxylic acids is 1. The molecule has 31 heavy (non-hydrogen) atoms. The van der Waals surface area contributed by atoms with E-state index in [0.29, 0.717) is 12.1 Å². The van der Waals surface area contributed by atoms with E-state index in [9.17, 15) is 13.6 Å². The second-order valence-electron chi connectivity index (χ2n) is 7.87. The normalized spacial score (nSPS) is 13.3. The van der Waals surface area contributed by atoms with Crippen LogP contribution >= 0.6 is 11.3 Å². The van der Waals surface area contributed by atoms with Gasteiger partial charge in [0.1, 0.15) is 10.6 Å². The second kappa shape index (κ2) is 10.0. The summed E-state index contributed by atoms with van der Waals surface area (Å²) in [6, 6.07) is 16.4. The Balaban J connectivity index is 1.82. The van der Waals surface area contributed by atoms with Crippen LogP contribution in [0, 0.1) is 0 Å². The van der Waals surface area contributed by atoms with Crippen molar-refractivity contribution in [2.75, 3.05) is 4.72 Å². The Morgan fingerprint density at radius 2 is 1.84 bits per heavy atom. The Bertz CT molecular complexity index is 1030. The molecular weight excluding hydrogens is 434 g/mol. The average molecular weight is 459 g/mol. The van der Waals surface area contributed by atoms with Crippen molar-refractivity contribution in [3.8, 4) is 11.3 Å². The van der Waals surface area contributed by atoms with Crippen molar-refractivity contribution in [2.24, 2.45) is 0 Å². The third kappa shape index (κ3) is 7.16. The molecule has 0 fully saturated rings. The number of carbonyl (C=O) groups is 1. The van der Waals surface area contributed by atoms with Crippen molar-refractivity contribution in [3.05, 3.63) is 70.5 Å². The van der Waals surface area contributed by atoms with Gasteiger partial charge in [-0.05, 0) is 44.9 Å². The van der Waals surface area contributed by atoms with Crippen LogP contribution in [0.2, 0.25) is 0 Å². The summed E-state index contributed by atoms with van der Waals surface area (Å²) in [5.41, 5.74) is 2.61. The number of thiazole rings is 1. The van der Waals surface area contributed by atoms with Crippen LogP contribution < -0.4 is 10.0 Å². The molecule has 3 rings (SSSR count). The highest BCUT2D eigenvalue weighted by atomic mass is 32.2. The lowest BCUT2D eigenvalue weighted by molar-refractivity contribution is 0.0503. The van der Waals surface area contributed by atoms with Gasteiger partial charge in [-0.1, -0.05) is 42.5 Å². The van der Waals surface area contributed by atoms with E-state index in [4.69, 9.17) is 9.72 Å². The topological polar surface area (TPSA) is 103 Å². The highest BCUT2D eigenvalue weighted by molar-refractivity contribution is 7.80. The summed E-state index contributed by atoms with van der Waals surface area (Å²) in [6.07, 6.45) is -0.0455. The molecule has 1 unspecified atom stereocenters. The lowest BCUT2D eigenvalue weighted by Crippen LogP contribution is -2.35. The molecule has 9 heteroatoms. The number of hydrogen-bond donors (Lipinski definition) is 2. The Kier molecular flexibility index (Phi) is 7.42. The first-order chi connectivity index (χ1) is 14.7. The smallest absolute Gasteiger partial charge is 0.408 e. The molecule has 3 aromatic rings. The van der Waals surface area contributed by atoms with Gasteiger partial charge in [-0.25, -0.2) is 9.78 Å². The second-order valence-corrected chi connectivity index (χ2v) is 9.44. The summed E-state index contributed by atoms with van der Waals surface area (Å²) >= 11 is -0.911. The summed E-state index contributed by atoms with van der Waals surface area (Å²) in [5.74, 6) is 0. The fourth-order valence-corrected chi connectivity index (χ4v) is 4.09. The molecule has 7 nitrogen and oxygen atoms in total. The van der Waals surface area contributed by atoms with Gasteiger partial charge in [0.2, 0.25) is 0 Å². The van der Waals surface area contributed by atoms with Crippen molar-refractivity contribution in [1.82, 2.24) is 10.3 Å². The molecule has 1 amide bonds. The monoisotopic (exact) mass is 458 g/mol. The number of hydrogen-bond acceptors (Lipinski definition) is 6. The minimum atomic E-state index is -2.38. The molecular formula is C22H24N3O4S2-. The summed E-state index contributed by atoms with van der Waals surface area (Å²) < 4.78 is 29.3. The van der Waals surface area contributed by atoms with Crippen LogP contribution in [0.15, 0.2) is 60.0 Å². The molecule has 1 heterocycles. The SMILES string of the molecule is CC(C)(C)OC(=O)N[C@@H](Cc1ccc(NS(=O)[O-])cc1)c1nc(-c2ccccc2)cs1. The van der Waals surface area contributed by atoms with Crippen LogP contribution in [0.5, 0.6) is 0 Å². The third-order valence-corrected chi connectivity index (χ3v) is 5.54. The Morgan fingerprint density at radius 3 is 2.45 bits per heavy atom. The van der Waals surface area contributed by atoms with Crippen molar-refractivity contribution in [1.29, 1.82) is 0 Å². The van der Waals surface area contributed by atoms with Crippen LogP contribution in [0.4, 0.5) is 10.5 Å².